The molecule has 3 aromatic carbocycles. The fourth-order valence-electron chi connectivity index (χ4n) is 4.43. The van der Waals surface area contributed by atoms with Gasteiger partial charge in [-0.15, -0.1) is 0 Å². The summed E-state index contributed by atoms with van der Waals surface area (Å²) in [5.74, 6) is 1.21. The van der Waals surface area contributed by atoms with Gasteiger partial charge < -0.3 is 29.2 Å². The van der Waals surface area contributed by atoms with Crippen LogP contribution in [0.1, 0.15) is 44.0 Å². The van der Waals surface area contributed by atoms with E-state index in [4.69, 9.17) is 18.9 Å². The quantitative estimate of drug-likeness (QED) is 0.312. The molecule has 1 heterocycles. The molecule has 1 fully saturated rings. The Balaban J connectivity index is 1.36. The molecule has 4 rings (SSSR count). The lowest BCUT2D eigenvalue weighted by molar-refractivity contribution is 0.0126. The van der Waals surface area contributed by atoms with E-state index in [1.807, 2.05) is 93.6 Å². The topological polar surface area (TPSA) is 86.3 Å². The molecular weight excluding hydrogens is 508 g/mol. The van der Waals surface area contributed by atoms with Crippen molar-refractivity contribution in [2.45, 2.75) is 45.3 Å². The zero-order valence-electron chi connectivity index (χ0n) is 23.6. The van der Waals surface area contributed by atoms with Crippen molar-refractivity contribution in [1.29, 1.82) is 0 Å². The van der Waals surface area contributed by atoms with Crippen LogP contribution in [-0.2, 0) is 9.47 Å². The summed E-state index contributed by atoms with van der Waals surface area (Å²) in [5.41, 5.74) is 2.44. The number of benzene rings is 3. The molecule has 2 amide bonds. The van der Waals surface area contributed by atoms with E-state index in [2.05, 4.69) is 5.32 Å². The Morgan fingerprint density at radius 2 is 1.62 bits per heavy atom. The van der Waals surface area contributed by atoms with Crippen LogP contribution in [0.4, 0.5) is 10.5 Å². The molecule has 0 spiro atoms. The van der Waals surface area contributed by atoms with Crippen LogP contribution in [0.15, 0.2) is 72.8 Å². The van der Waals surface area contributed by atoms with Crippen LogP contribution in [0, 0.1) is 0 Å². The second-order valence-electron chi connectivity index (χ2n) is 10.7. The molecule has 0 saturated carbocycles. The van der Waals surface area contributed by atoms with Gasteiger partial charge in [0.25, 0.3) is 5.91 Å². The first-order valence-corrected chi connectivity index (χ1v) is 13.6. The third kappa shape index (κ3) is 8.23. The number of nitrogens with zero attached hydrogens (tertiary/aromatic N) is 1. The average molecular weight is 547 g/mol. The minimum absolute atomic E-state index is 0.0215. The van der Waals surface area contributed by atoms with Crippen LogP contribution in [0.2, 0.25) is 0 Å². The highest BCUT2D eigenvalue weighted by molar-refractivity contribution is 6.08. The van der Waals surface area contributed by atoms with Gasteiger partial charge in [0.1, 0.15) is 29.8 Å². The largest absolute Gasteiger partial charge is 0.491 e. The van der Waals surface area contributed by atoms with Crippen molar-refractivity contribution in [3.05, 3.63) is 78.4 Å². The third-order valence-electron chi connectivity index (χ3n) is 6.38. The van der Waals surface area contributed by atoms with E-state index in [0.717, 1.165) is 16.9 Å². The highest BCUT2D eigenvalue weighted by Gasteiger charge is 2.27. The predicted molar refractivity (Wildman–Crippen MR) is 155 cm³/mol. The monoisotopic (exact) mass is 546 g/mol. The first-order valence-electron chi connectivity index (χ1n) is 13.6. The lowest BCUT2D eigenvalue weighted by Gasteiger charge is -2.33. The molecule has 1 aliphatic rings. The SMILES string of the molecule is COCCOc1ccc(-c2ccccc2C(=O)Nc2cccc(OC3CCN(C(=O)OC(C)(C)C)CC3)c2)cc1. The van der Waals surface area contributed by atoms with Crippen molar-refractivity contribution < 1.29 is 28.5 Å². The standard InChI is InChI=1S/C32H38N2O6/c1-32(2,3)40-31(36)34-18-16-26(17-19-34)39-27-9-7-8-24(22-27)33-30(35)29-11-6-5-10-28(29)23-12-14-25(15-13-23)38-21-20-37-4/h5-15,22,26H,16-21H2,1-4H3,(H,33,35). The Morgan fingerprint density at radius 3 is 2.33 bits per heavy atom. The van der Waals surface area contributed by atoms with E-state index in [1.165, 1.54) is 0 Å². The van der Waals surface area contributed by atoms with Gasteiger partial charge in [0.05, 0.1) is 6.61 Å². The Morgan fingerprint density at radius 1 is 0.900 bits per heavy atom. The molecule has 0 atom stereocenters. The van der Waals surface area contributed by atoms with Crippen molar-refractivity contribution in [3.63, 3.8) is 0 Å². The summed E-state index contributed by atoms with van der Waals surface area (Å²) in [7, 11) is 1.64. The number of nitrogens with one attached hydrogen (secondary N) is 1. The first-order chi connectivity index (χ1) is 19.2. The molecule has 1 aliphatic heterocycles. The predicted octanol–water partition coefficient (Wildman–Crippen LogP) is 6.41. The van der Waals surface area contributed by atoms with Crippen molar-refractivity contribution >= 4 is 17.7 Å². The van der Waals surface area contributed by atoms with Crippen LogP contribution < -0.4 is 14.8 Å². The molecule has 0 aromatic heterocycles. The molecule has 8 nitrogen and oxygen atoms in total. The first kappa shape index (κ1) is 29.0. The molecule has 1 saturated heterocycles. The van der Waals surface area contributed by atoms with Gasteiger partial charge in [0, 0.05) is 50.4 Å². The Hall–Kier alpha value is -4.04. The molecule has 0 unspecified atom stereocenters. The normalized spacial score (nSPS) is 13.9. The van der Waals surface area contributed by atoms with Crippen LogP contribution >= 0.6 is 0 Å². The average Bonchev–Trinajstić information content (AvgIpc) is 2.93. The number of hydrogen-bond acceptors (Lipinski definition) is 6. The number of carbonyl (C=O) groups is 2. The maximum atomic E-state index is 13.3. The van der Waals surface area contributed by atoms with Gasteiger partial charge in [-0.1, -0.05) is 36.4 Å². The number of rotatable bonds is 9. The lowest BCUT2D eigenvalue weighted by atomic mass is 9.99. The van der Waals surface area contributed by atoms with Crippen molar-refractivity contribution in [1.82, 2.24) is 4.90 Å². The fourth-order valence-corrected chi connectivity index (χ4v) is 4.43. The number of hydrogen-bond donors (Lipinski definition) is 1. The van der Waals surface area contributed by atoms with Gasteiger partial charge in [0.15, 0.2) is 0 Å². The van der Waals surface area contributed by atoms with Gasteiger partial charge >= 0.3 is 6.09 Å². The fraction of sp³-hybridized carbons (Fsp3) is 0.375. The van der Waals surface area contributed by atoms with E-state index >= 15 is 0 Å². The summed E-state index contributed by atoms with van der Waals surface area (Å²) in [5, 5.41) is 3.01. The Labute approximate surface area is 236 Å². The van der Waals surface area contributed by atoms with E-state index in [-0.39, 0.29) is 18.1 Å². The third-order valence-corrected chi connectivity index (χ3v) is 6.38. The van der Waals surface area contributed by atoms with Crippen LogP contribution in [0.5, 0.6) is 11.5 Å². The molecule has 212 valence electrons. The van der Waals surface area contributed by atoms with E-state index in [1.54, 1.807) is 12.0 Å². The number of anilines is 1. The molecule has 0 aliphatic carbocycles. The number of methoxy groups -OCH3 is 1. The van der Waals surface area contributed by atoms with Crippen molar-refractivity contribution in [2.24, 2.45) is 0 Å². The summed E-state index contributed by atoms with van der Waals surface area (Å²) < 4.78 is 22.4. The van der Waals surface area contributed by atoms with E-state index < -0.39 is 5.60 Å². The molecule has 1 N–H and O–H groups in total. The van der Waals surface area contributed by atoms with Crippen LogP contribution in [0.3, 0.4) is 0 Å². The second-order valence-corrected chi connectivity index (χ2v) is 10.7. The van der Waals surface area contributed by atoms with Gasteiger partial charge in [0.2, 0.25) is 0 Å². The van der Waals surface area contributed by atoms with Gasteiger partial charge in [-0.2, -0.15) is 0 Å². The van der Waals surface area contributed by atoms with Crippen molar-refractivity contribution in [3.8, 4) is 22.6 Å². The van der Waals surface area contributed by atoms with E-state index in [9.17, 15) is 9.59 Å². The summed E-state index contributed by atoms with van der Waals surface area (Å²) in [6.45, 7) is 7.74. The Kier molecular flexibility index (Phi) is 9.66. The van der Waals surface area contributed by atoms with Gasteiger partial charge in [-0.3, -0.25) is 4.79 Å². The number of amides is 2. The molecular formula is C32H38N2O6. The number of ether oxygens (including phenoxy) is 4. The summed E-state index contributed by atoms with van der Waals surface area (Å²) in [4.78, 5) is 27.4. The van der Waals surface area contributed by atoms with Crippen LogP contribution in [0.25, 0.3) is 11.1 Å². The molecule has 3 aromatic rings. The zero-order valence-corrected chi connectivity index (χ0v) is 23.6. The molecule has 0 radical (unpaired) electrons. The summed E-state index contributed by atoms with van der Waals surface area (Å²) in [6.07, 6.45) is 1.10. The summed E-state index contributed by atoms with van der Waals surface area (Å²) in [6, 6.07) is 22.6. The minimum atomic E-state index is -0.514. The second kappa shape index (κ2) is 13.3. The number of likely N-dealkylation sites (tertiary alicyclic amines) is 1. The number of carbonyl (C=O) groups excluding carboxylic acids is 2. The maximum absolute atomic E-state index is 13.3. The van der Waals surface area contributed by atoms with Crippen molar-refractivity contribution in [2.75, 3.05) is 38.7 Å². The molecule has 8 heteroatoms. The lowest BCUT2D eigenvalue weighted by Crippen LogP contribution is -2.44. The number of piperidine rings is 1. The van der Waals surface area contributed by atoms with Gasteiger partial charge in [-0.05, 0) is 62.2 Å². The highest BCUT2D eigenvalue weighted by atomic mass is 16.6. The molecule has 0 bridgehead atoms. The molecule has 40 heavy (non-hydrogen) atoms. The Bertz CT molecular complexity index is 1280. The minimum Gasteiger partial charge on any atom is -0.491 e. The smallest absolute Gasteiger partial charge is 0.410 e. The summed E-state index contributed by atoms with van der Waals surface area (Å²) >= 11 is 0. The zero-order chi connectivity index (χ0) is 28.5. The van der Waals surface area contributed by atoms with Crippen LogP contribution in [-0.4, -0.2) is 62.0 Å². The maximum Gasteiger partial charge on any atom is 0.410 e. The highest BCUT2D eigenvalue weighted by Crippen LogP contribution is 2.28. The van der Waals surface area contributed by atoms with Gasteiger partial charge in [-0.25, -0.2) is 4.79 Å². The van der Waals surface area contributed by atoms with E-state index in [0.29, 0.717) is 56.1 Å².